The Morgan fingerprint density at radius 3 is 2.77 bits per heavy atom. The van der Waals surface area contributed by atoms with E-state index in [0.717, 1.165) is 44.1 Å². The highest BCUT2D eigenvalue weighted by Gasteiger charge is 2.49. The van der Waals surface area contributed by atoms with Crippen LogP contribution < -0.4 is 0 Å². The van der Waals surface area contributed by atoms with Crippen LogP contribution in [0.15, 0.2) is 23.8 Å². The van der Waals surface area contributed by atoms with Gasteiger partial charge in [0.2, 0.25) is 0 Å². The molecule has 0 aliphatic heterocycles. The lowest BCUT2D eigenvalue weighted by Gasteiger charge is -2.44. The lowest BCUT2D eigenvalue weighted by atomic mass is 9.61. The van der Waals surface area contributed by atoms with Gasteiger partial charge in [-0.1, -0.05) is 17.7 Å². The number of fused-ring (bicyclic) bond motifs is 1. The topological polar surface area (TPSA) is 55.8 Å². The fourth-order valence-corrected chi connectivity index (χ4v) is 3.82. The Morgan fingerprint density at radius 1 is 1.32 bits per heavy atom. The van der Waals surface area contributed by atoms with Gasteiger partial charge in [-0.05, 0) is 44.4 Å². The Bertz CT molecular complexity index is 497. The molecule has 2 aliphatic rings. The minimum absolute atomic E-state index is 0.0131. The molecule has 0 saturated heterocycles. The summed E-state index contributed by atoms with van der Waals surface area (Å²) in [7, 11) is 4.55. The quantitative estimate of drug-likeness (QED) is 0.348. The van der Waals surface area contributed by atoms with E-state index in [1.807, 2.05) is 0 Å². The number of ether oxygens (including phenoxy) is 1. The molecule has 5 nitrogen and oxygen atoms in total. The minimum atomic E-state index is -0.480. The zero-order valence-corrected chi connectivity index (χ0v) is 13.6. The molecule has 0 aromatic carbocycles. The van der Waals surface area contributed by atoms with Crippen LogP contribution in [-0.4, -0.2) is 38.2 Å². The number of carbonyl (C=O) groups excluding carboxylic acids is 2. The summed E-state index contributed by atoms with van der Waals surface area (Å²) >= 11 is 0. The number of nitrogens with zero attached hydrogens (tertiary/aromatic N) is 1. The fourth-order valence-electron chi connectivity index (χ4n) is 3.82. The Kier molecular flexibility index (Phi) is 5.40. The van der Waals surface area contributed by atoms with Crippen molar-refractivity contribution >= 4 is 11.9 Å². The maximum atomic E-state index is 13.0. The van der Waals surface area contributed by atoms with Gasteiger partial charge in [-0.3, -0.25) is 9.63 Å². The third kappa shape index (κ3) is 3.09. The van der Waals surface area contributed by atoms with Gasteiger partial charge in [0.15, 0.2) is 0 Å². The van der Waals surface area contributed by atoms with E-state index in [-0.39, 0.29) is 17.8 Å². The molecule has 5 heteroatoms. The van der Waals surface area contributed by atoms with Gasteiger partial charge in [-0.25, -0.2) is 9.86 Å². The van der Waals surface area contributed by atoms with Gasteiger partial charge < -0.3 is 4.74 Å². The zero-order chi connectivity index (χ0) is 16.2. The highest BCUT2D eigenvalue weighted by Crippen LogP contribution is 2.51. The second-order valence-electron chi connectivity index (χ2n) is 6.04. The van der Waals surface area contributed by atoms with E-state index < -0.39 is 5.41 Å². The molecule has 2 atom stereocenters. The van der Waals surface area contributed by atoms with Crippen molar-refractivity contribution in [3.05, 3.63) is 23.8 Å². The second kappa shape index (κ2) is 7.09. The van der Waals surface area contributed by atoms with Crippen molar-refractivity contribution in [3.8, 4) is 0 Å². The molecular weight excluding hydrogens is 282 g/mol. The van der Waals surface area contributed by atoms with Crippen molar-refractivity contribution in [2.24, 2.45) is 11.3 Å². The molecule has 122 valence electrons. The van der Waals surface area contributed by atoms with Crippen LogP contribution in [-0.2, 0) is 19.2 Å². The summed E-state index contributed by atoms with van der Waals surface area (Å²) in [6, 6.07) is 0. The monoisotopic (exact) mass is 307 g/mol. The number of methoxy groups -OCH3 is 1. The lowest BCUT2D eigenvalue weighted by Crippen LogP contribution is -2.48. The van der Waals surface area contributed by atoms with Crippen molar-refractivity contribution in [3.63, 3.8) is 0 Å². The SMILES string of the molecule is COC(=O)/C=C1\CCC[C@@]2(C(=O)N(C)OC)CCC=CC[C@@H]12. The molecule has 2 rings (SSSR count). The fraction of sp³-hybridized carbons (Fsp3) is 0.647. The van der Waals surface area contributed by atoms with Gasteiger partial charge in [0.05, 0.1) is 19.6 Å². The molecule has 1 fully saturated rings. The van der Waals surface area contributed by atoms with Crippen LogP contribution in [0, 0.1) is 11.3 Å². The van der Waals surface area contributed by atoms with Crippen LogP contribution in [0.5, 0.6) is 0 Å². The number of hydrogen-bond acceptors (Lipinski definition) is 4. The zero-order valence-electron chi connectivity index (χ0n) is 13.6. The summed E-state index contributed by atoms with van der Waals surface area (Å²) in [4.78, 5) is 29.8. The Labute approximate surface area is 131 Å². The van der Waals surface area contributed by atoms with Gasteiger partial charge in [-0.2, -0.15) is 0 Å². The Morgan fingerprint density at radius 2 is 2.09 bits per heavy atom. The minimum Gasteiger partial charge on any atom is -0.466 e. The van der Waals surface area contributed by atoms with E-state index in [0.29, 0.717) is 0 Å². The average molecular weight is 307 g/mol. The molecule has 0 heterocycles. The number of hydroxylamine groups is 2. The molecule has 1 amide bonds. The molecule has 0 bridgehead atoms. The van der Waals surface area contributed by atoms with Crippen molar-refractivity contribution in [2.75, 3.05) is 21.3 Å². The van der Waals surface area contributed by atoms with Crippen LogP contribution in [0.1, 0.15) is 38.5 Å². The summed E-state index contributed by atoms with van der Waals surface area (Å²) in [6.07, 6.45) is 10.9. The normalized spacial score (nSPS) is 29.6. The predicted molar refractivity (Wildman–Crippen MR) is 82.6 cm³/mol. The number of esters is 1. The molecule has 0 aromatic heterocycles. The summed E-state index contributed by atoms with van der Waals surface area (Å²) in [6.45, 7) is 0. The van der Waals surface area contributed by atoms with Gasteiger partial charge in [-0.15, -0.1) is 0 Å². The first kappa shape index (κ1) is 16.7. The van der Waals surface area contributed by atoms with E-state index >= 15 is 0 Å². The van der Waals surface area contributed by atoms with Gasteiger partial charge >= 0.3 is 5.97 Å². The van der Waals surface area contributed by atoms with Crippen molar-refractivity contribution in [1.82, 2.24) is 5.06 Å². The Hall–Kier alpha value is -1.62. The van der Waals surface area contributed by atoms with Crippen molar-refractivity contribution in [2.45, 2.75) is 38.5 Å². The summed E-state index contributed by atoms with van der Waals surface area (Å²) in [5.41, 5.74) is 0.550. The number of carbonyl (C=O) groups is 2. The van der Waals surface area contributed by atoms with Gasteiger partial charge in [0.1, 0.15) is 0 Å². The number of hydrogen-bond donors (Lipinski definition) is 0. The molecular formula is C17H25NO4. The predicted octanol–water partition coefficient (Wildman–Crippen LogP) is 2.63. The first-order valence-corrected chi connectivity index (χ1v) is 7.81. The van der Waals surface area contributed by atoms with Crippen LogP contribution >= 0.6 is 0 Å². The van der Waals surface area contributed by atoms with E-state index in [4.69, 9.17) is 9.57 Å². The maximum Gasteiger partial charge on any atom is 0.330 e. The second-order valence-corrected chi connectivity index (χ2v) is 6.04. The molecule has 0 N–H and O–H groups in total. The summed E-state index contributed by atoms with van der Waals surface area (Å²) in [5.74, 6) is -0.282. The molecule has 2 aliphatic carbocycles. The third-order valence-corrected chi connectivity index (χ3v) is 4.99. The van der Waals surface area contributed by atoms with E-state index in [1.165, 1.54) is 19.3 Å². The molecule has 0 aromatic rings. The maximum absolute atomic E-state index is 13.0. The Balaban J connectivity index is 2.41. The van der Waals surface area contributed by atoms with Crippen molar-refractivity contribution < 1.29 is 19.2 Å². The highest BCUT2D eigenvalue weighted by atomic mass is 16.7. The van der Waals surface area contributed by atoms with Crippen LogP contribution in [0.25, 0.3) is 0 Å². The third-order valence-electron chi connectivity index (χ3n) is 4.99. The molecule has 0 radical (unpaired) electrons. The highest BCUT2D eigenvalue weighted by molar-refractivity contribution is 5.85. The van der Waals surface area contributed by atoms with Crippen molar-refractivity contribution in [1.29, 1.82) is 0 Å². The van der Waals surface area contributed by atoms with E-state index in [2.05, 4.69) is 12.2 Å². The first-order chi connectivity index (χ1) is 10.5. The lowest BCUT2D eigenvalue weighted by molar-refractivity contribution is -0.185. The average Bonchev–Trinajstić information content (AvgIpc) is 2.77. The summed E-state index contributed by atoms with van der Waals surface area (Å²) < 4.78 is 4.77. The van der Waals surface area contributed by atoms with Gasteiger partial charge in [0, 0.05) is 13.1 Å². The smallest absolute Gasteiger partial charge is 0.330 e. The molecule has 0 unspecified atom stereocenters. The molecule has 22 heavy (non-hydrogen) atoms. The molecule has 0 spiro atoms. The first-order valence-electron chi connectivity index (χ1n) is 7.81. The van der Waals surface area contributed by atoms with Crippen LogP contribution in [0.4, 0.5) is 0 Å². The van der Waals surface area contributed by atoms with Crippen LogP contribution in [0.3, 0.4) is 0 Å². The summed E-state index contributed by atoms with van der Waals surface area (Å²) in [5, 5.41) is 1.33. The number of amides is 1. The van der Waals surface area contributed by atoms with E-state index in [1.54, 1.807) is 13.1 Å². The molecule has 1 saturated carbocycles. The number of allylic oxidation sites excluding steroid dienone is 3. The largest absolute Gasteiger partial charge is 0.466 e. The van der Waals surface area contributed by atoms with Crippen LogP contribution in [0.2, 0.25) is 0 Å². The number of rotatable bonds is 3. The van der Waals surface area contributed by atoms with Gasteiger partial charge in [0.25, 0.3) is 5.91 Å². The standard InChI is InChI=1S/C17H25NO4/c1-18(22-3)16(20)17-10-6-4-5-9-14(17)13(8-7-11-17)12-15(19)21-2/h4-5,12,14H,6-11H2,1-3H3/b13-12+/t14-,17-/m0/s1. The van der Waals surface area contributed by atoms with E-state index in [9.17, 15) is 9.59 Å².